The molecule has 0 bridgehead atoms. The third-order valence-electron chi connectivity index (χ3n) is 5.43. The van der Waals surface area contributed by atoms with Gasteiger partial charge in [-0.15, -0.1) is 11.3 Å². The summed E-state index contributed by atoms with van der Waals surface area (Å²) >= 11 is 0.936. The number of fused-ring (bicyclic) bond motifs is 1. The number of nitrogens with one attached hydrogen (secondary N) is 2. The van der Waals surface area contributed by atoms with Gasteiger partial charge in [0.2, 0.25) is 5.91 Å². The van der Waals surface area contributed by atoms with E-state index in [2.05, 4.69) is 10.6 Å². The summed E-state index contributed by atoms with van der Waals surface area (Å²) in [7, 11) is 1.46. The van der Waals surface area contributed by atoms with Crippen molar-refractivity contribution in [1.29, 1.82) is 0 Å². The number of esters is 1. The normalized spacial score (nSPS) is 13.6. The van der Waals surface area contributed by atoms with Gasteiger partial charge in [0.05, 0.1) is 28.2 Å². The zero-order chi connectivity index (χ0) is 25.2. The molecule has 4 amide bonds. The molecule has 0 saturated carbocycles. The molecule has 0 saturated heterocycles. The Morgan fingerprint density at radius 2 is 1.68 bits per heavy atom. The van der Waals surface area contributed by atoms with Crippen molar-refractivity contribution in [2.75, 3.05) is 19.0 Å². The molecule has 1 aliphatic rings. The molecular weight excluding hydrogens is 458 g/mol. The average Bonchev–Trinajstić information content (AvgIpc) is 3.25. The number of hydrogen-bond donors (Lipinski definition) is 2. The molecule has 1 atom stereocenters. The van der Waals surface area contributed by atoms with E-state index in [0.29, 0.717) is 5.56 Å². The predicted molar refractivity (Wildman–Crippen MR) is 127 cm³/mol. The SMILES string of the molecule is CCOC(=O)c1c(NC(=O)C(CC(C)C)N2C(=O)c3ccccc3C2=O)sc(C(=O)NC)c1C. The zero-order valence-electron chi connectivity index (χ0n) is 19.7. The Labute approximate surface area is 201 Å². The van der Waals surface area contributed by atoms with Crippen LogP contribution in [0, 0.1) is 12.8 Å². The Bertz CT molecular complexity index is 1130. The van der Waals surface area contributed by atoms with Gasteiger partial charge in [0.15, 0.2) is 0 Å². The molecule has 1 aromatic heterocycles. The largest absolute Gasteiger partial charge is 0.462 e. The van der Waals surface area contributed by atoms with Crippen molar-refractivity contribution in [3.8, 4) is 0 Å². The smallest absolute Gasteiger partial charge is 0.341 e. The minimum absolute atomic E-state index is 0.0175. The predicted octanol–water partition coefficient (Wildman–Crippen LogP) is 3.24. The topological polar surface area (TPSA) is 122 Å². The molecule has 0 radical (unpaired) electrons. The molecule has 180 valence electrons. The van der Waals surface area contributed by atoms with Crippen LogP contribution in [0.4, 0.5) is 5.00 Å². The second-order valence-corrected chi connectivity index (χ2v) is 9.24. The van der Waals surface area contributed by atoms with E-state index < -0.39 is 35.6 Å². The molecule has 2 N–H and O–H groups in total. The first-order chi connectivity index (χ1) is 16.1. The van der Waals surface area contributed by atoms with Crippen LogP contribution in [0.5, 0.6) is 0 Å². The van der Waals surface area contributed by atoms with Crippen LogP contribution < -0.4 is 10.6 Å². The van der Waals surface area contributed by atoms with Gasteiger partial charge in [-0.1, -0.05) is 26.0 Å². The van der Waals surface area contributed by atoms with Crippen LogP contribution in [0.2, 0.25) is 0 Å². The molecule has 0 aliphatic carbocycles. The van der Waals surface area contributed by atoms with Crippen LogP contribution in [0.1, 0.15) is 73.5 Å². The van der Waals surface area contributed by atoms with Crippen LogP contribution in [0.15, 0.2) is 24.3 Å². The molecule has 2 aromatic rings. The lowest BCUT2D eigenvalue weighted by Gasteiger charge is -2.26. The fourth-order valence-corrected chi connectivity index (χ4v) is 4.99. The Kier molecular flexibility index (Phi) is 7.51. The Hall–Kier alpha value is -3.53. The molecule has 1 aliphatic heterocycles. The summed E-state index contributed by atoms with van der Waals surface area (Å²) in [5.41, 5.74) is 0.939. The Balaban J connectivity index is 2.00. The summed E-state index contributed by atoms with van der Waals surface area (Å²) in [6.45, 7) is 7.11. The number of anilines is 1. The van der Waals surface area contributed by atoms with Crippen molar-refractivity contribution in [1.82, 2.24) is 10.2 Å². The molecule has 0 spiro atoms. The van der Waals surface area contributed by atoms with Crippen LogP contribution in [-0.2, 0) is 9.53 Å². The van der Waals surface area contributed by atoms with Crippen molar-refractivity contribution in [2.45, 2.75) is 40.2 Å². The van der Waals surface area contributed by atoms with Crippen LogP contribution in [-0.4, -0.2) is 54.2 Å². The number of imide groups is 1. The maximum Gasteiger partial charge on any atom is 0.341 e. The lowest BCUT2D eigenvalue weighted by atomic mass is 10.0. The Morgan fingerprint density at radius 3 is 2.18 bits per heavy atom. The summed E-state index contributed by atoms with van der Waals surface area (Å²) in [6.07, 6.45) is 0.221. The minimum Gasteiger partial charge on any atom is -0.462 e. The summed E-state index contributed by atoms with van der Waals surface area (Å²) < 4.78 is 5.13. The van der Waals surface area contributed by atoms with Gasteiger partial charge in [-0.2, -0.15) is 0 Å². The molecule has 10 heteroatoms. The van der Waals surface area contributed by atoms with Crippen molar-refractivity contribution in [3.63, 3.8) is 0 Å². The third-order valence-corrected chi connectivity index (χ3v) is 6.64. The number of benzene rings is 1. The van der Waals surface area contributed by atoms with Crippen molar-refractivity contribution >= 4 is 45.9 Å². The van der Waals surface area contributed by atoms with E-state index in [1.807, 2.05) is 13.8 Å². The highest BCUT2D eigenvalue weighted by atomic mass is 32.1. The van der Waals surface area contributed by atoms with Crippen LogP contribution in [0.25, 0.3) is 0 Å². The molecule has 2 heterocycles. The molecular formula is C24H27N3O6S. The fraction of sp³-hybridized carbons (Fsp3) is 0.375. The van der Waals surface area contributed by atoms with Crippen LogP contribution >= 0.6 is 11.3 Å². The van der Waals surface area contributed by atoms with Gasteiger partial charge in [0.25, 0.3) is 17.7 Å². The number of thiophene rings is 1. The standard InChI is InChI=1S/C24H27N3O6S/c1-6-33-24(32)17-13(4)18(20(29)25-5)34-21(17)26-19(28)16(11-12(2)3)27-22(30)14-9-7-8-10-15(14)23(27)31/h7-10,12,16H,6,11H2,1-5H3,(H,25,29)(H,26,28). The van der Waals surface area contributed by atoms with Gasteiger partial charge in [0.1, 0.15) is 11.0 Å². The van der Waals surface area contributed by atoms with Gasteiger partial charge in [-0.25, -0.2) is 4.79 Å². The summed E-state index contributed by atoms with van der Waals surface area (Å²) in [5, 5.41) is 5.33. The molecule has 0 fully saturated rings. The first kappa shape index (κ1) is 25.1. The number of ether oxygens (including phenoxy) is 1. The first-order valence-corrected chi connectivity index (χ1v) is 11.7. The van der Waals surface area contributed by atoms with Crippen molar-refractivity contribution < 1.29 is 28.7 Å². The molecule has 1 unspecified atom stereocenters. The van der Waals surface area contributed by atoms with E-state index in [-0.39, 0.29) is 45.5 Å². The second-order valence-electron chi connectivity index (χ2n) is 8.22. The van der Waals surface area contributed by atoms with Crippen molar-refractivity contribution in [3.05, 3.63) is 51.4 Å². The summed E-state index contributed by atoms with van der Waals surface area (Å²) in [6, 6.07) is 5.32. The number of hydrogen-bond acceptors (Lipinski definition) is 7. The minimum atomic E-state index is -1.10. The molecule has 9 nitrogen and oxygen atoms in total. The number of amides is 4. The summed E-state index contributed by atoms with van der Waals surface area (Å²) in [5.74, 6) is -2.81. The summed E-state index contributed by atoms with van der Waals surface area (Å²) in [4.78, 5) is 65.7. The van der Waals surface area contributed by atoms with E-state index in [0.717, 1.165) is 16.2 Å². The van der Waals surface area contributed by atoms with Gasteiger partial charge in [0, 0.05) is 7.05 Å². The van der Waals surface area contributed by atoms with Crippen molar-refractivity contribution in [2.24, 2.45) is 5.92 Å². The second kappa shape index (κ2) is 10.2. The highest BCUT2D eigenvalue weighted by Crippen LogP contribution is 2.35. The van der Waals surface area contributed by atoms with E-state index in [1.165, 1.54) is 7.05 Å². The maximum absolute atomic E-state index is 13.5. The zero-order valence-corrected chi connectivity index (χ0v) is 20.5. The Morgan fingerprint density at radius 1 is 1.09 bits per heavy atom. The monoisotopic (exact) mass is 485 g/mol. The molecule has 3 rings (SSSR count). The van der Waals surface area contributed by atoms with E-state index in [1.54, 1.807) is 38.1 Å². The fourth-order valence-electron chi connectivity index (χ4n) is 3.84. The maximum atomic E-state index is 13.5. The van der Waals surface area contributed by atoms with Gasteiger partial charge >= 0.3 is 5.97 Å². The first-order valence-electron chi connectivity index (χ1n) is 10.9. The lowest BCUT2D eigenvalue weighted by molar-refractivity contribution is -0.120. The van der Waals surface area contributed by atoms with Crippen LogP contribution in [0.3, 0.4) is 0 Å². The highest BCUT2D eigenvalue weighted by Gasteiger charge is 2.43. The number of carbonyl (C=O) groups is 5. The van der Waals surface area contributed by atoms with Gasteiger partial charge in [-0.3, -0.25) is 24.1 Å². The average molecular weight is 486 g/mol. The highest BCUT2D eigenvalue weighted by molar-refractivity contribution is 7.18. The number of rotatable bonds is 8. The van der Waals surface area contributed by atoms with E-state index >= 15 is 0 Å². The lowest BCUT2D eigenvalue weighted by Crippen LogP contribution is -2.48. The van der Waals surface area contributed by atoms with E-state index in [9.17, 15) is 24.0 Å². The quantitative estimate of drug-likeness (QED) is 0.437. The molecule has 34 heavy (non-hydrogen) atoms. The molecule has 1 aromatic carbocycles. The third kappa shape index (κ3) is 4.58. The van der Waals surface area contributed by atoms with E-state index in [4.69, 9.17) is 4.74 Å². The van der Waals surface area contributed by atoms with Gasteiger partial charge < -0.3 is 15.4 Å². The number of carbonyl (C=O) groups excluding carboxylic acids is 5. The number of nitrogens with zero attached hydrogens (tertiary/aromatic N) is 1. The van der Waals surface area contributed by atoms with Gasteiger partial charge in [-0.05, 0) is 43.9 Å².